The molecule has 2 nitrogen and oxygen atoms in total. The first kappa shape index (κ1) is 9.22. The molecule has 1 aromatic carbocycles. The van der Waals surface area contributed by atoms with Gasteiger partial charge in [0.2, 0.25) is 0 Å². The molecule has 2 aliphatic rings. The second kappa shape index (κ2) is 3.24. The highest BCUT2D eigenvalue weighted by atomic mass is 15.3. The Morgan fingerprint density at radius 2 is 1.93 bits per heavy atom. The van der Waals surface area contributed by atoms with Gasteiger partial charge in [-0.3, -0.25) is 4.90 Å². The predicted octanol–water partition coefficient (Wildman–Crippen LogP) is 1.89. The summed E-state index contributed by atoms with van der Waals surface area (Å²) < 4.78 is 0. The van der Waals surface area contributed by atoms with E-state index >= 15 is 0 Å². The molecule has 2 bridgehead atoms. The van der Waals surface area contributed by atoms with Crippen LogP contribution in [0, 0.1) is 6.92 Å². The minimum Gasteiger partial charge on any atom is -0.365 e. The Morgan fingerprint density at radius 1 is 1.13 bits per heavy atom. The van der Waals surface area contributed by atoms with E-state index in [1.807, 2.05) is 0 Å². The van der Waals surface area contributed by atoms with Crippen LogP contribution in [0.1, 0.15) is 12.0 Å². The van der Waals surface area contributed by atoms with Crippen LogP contribution in [0.15, 0.2) is 24.3 Å². The maximum atomic E-state index is 2.60. The van der Waals surface area contributed by atoms with Gasteiger partial charge in [-0.15, -0.1) is 0 Å². The summed E-state index contributed by atoms with van der Waals surface area (Å²) in [5.74, 6) is 0. The maximum absolute atomic E-state index is 2.60. The number of anilines is 1. The Balaban J connectivity index is 1.89. The van der Waals surface area contributed by atoms with Crippen molar-refractivity contribution in [3.05, 3.63) is 29.8 Å². The number of hydrogen-bond donors (Lipinski definition) is 0. The molecule has 2 saturated heterocycles. The lowest BCUT2D eigenvalue weighted by Crippen LogP contribution is -2.44. The van der Waals surface area contributed by atoms with Crippen molar-refractivity contribution in [3.8, 4) is 0 Å². The number of nitrogens with zero attached hydrogens (tertiary/aromatic N) is 2. The number of hydrogen-bond acceptors (Lipinski definition) is 2. The van der Waals surface area contributed by atoms with Gasteiger partial charge >= 0.3 is 0 Å². The van der Waals surface area contributed by atoms with Crippen LogP contribution in [0.25, 0.3) is 0 Å². The number of benzene rings is 1. The minimum atomic E-state index is 0.751. The first-order valence-corrected chi connectivity index (χ1v) is 5.78. The minimum absolute atomic E-state index is 0.751. The summed E-state index contributed by atoms with van der Waals surface area (Å²) in [5, 5.41) is 0. The lowest BCUT2D eigenvalue weighted by molar-refractivity contribution is 0.292. The average Bonchev–Trinajstić information content (AvgIpc) is 2.77. The predicted molar refractivity (Wildman–Crippen MR) is 63.3 cm³/mol. The Hall–Kier alpha value is -1.02. The zero-order valence-corrected chi connectivity index (χ0v) is 9.48. The summed E-state index contributed by atoms with van der Waals surface area (Å²) >= 11 is 0. The van der Waals surface area contributed by atoms with Crippen molar-refractivity contribution >= 4 is 5.69 Å². The number of rotatable bonds is 1. The highest BCUT2D eigenvalue weighted by Crippen LogP contribution is 2.34. The summed E-state index contributed by atoms with van der Waals surface area (Å²) in [7, 11) is 2.25. The molecule has 0 N–H and O–H groups in total. The molecule has 2 fully saturated rings. The zero-order valence-electron chi connectivity index (χ0n) is 9.48. The van der Waals surface area contributed by atoms with E-state index in [2.05, 4.69) is 48.0 Å². The van der Waals surface area contributed by atoms with Crippen LogP contribution in [0.2, 0.25) is 0 Å². The number of likely N-dealkylation sites (N-methyl/N-ethyl adjacent to an activating group) is 1. The summed E-state index contributed by atoms with van der Waals surface area (Å²) in [4.78, 5) is 5.10. The molecule has 1 aromatic rings. The summed E-state index contributed by atoms with van der Waals surface area (Å²) in [6.07, 6.45) is 1.35. The van der Waals surface area contributed by atoms with Crippen LogP contribution >= 0.6 is 0 Å². The molecule has 2 heteroatoms. The Bertz CT molecular complexity index is 373. The molecule has 0 saturated carbocycles. The van der Waals surface area contributed by atoms with Crippen LogP contribution in [0.5, 0.6) is 0 Å². The molecule has 2 unspecified atom stereocenters. The standard InChI is InChI=1S/C13H18N2/c1-10-5-3-4-6-13(10)15-9-11-7-12(15)8-14(11)2/h3-6,11-12H,7-9H2,1-2H3. The van der Waals surface area contributed by atoms with E-state index in [0.717, 1.165) is 12.1 Å². The quantitative estimate of drug-likeness (QED) is 0.686. The molecule has 0 spiro atoms. The van der Waals surface area contributed by atoms with Gasteiger partial charge in [0.1, 0.15) is 0 Å². The lowest BCUT2D eigenvalue weighted by Gasteiger charge is -2.34. The average molecular weight is 202 g/mol. The van der Waals surface area contributed by atoms with Crippen molar-refractivity contribution in [2.45, 2.75) is 25.4 Å². The van der Waals surface area contributed by atoms with E-state index in [1.165, 1.54) is 30.8 Å². The first-order valence-electron chi connectivity index (χ1n) is 5.78. The van der Waals surface area contributed by atoms with E-state index in [1.54, 1.807) is 0 Å². The number of fused-ring (bicyclic) bond motifs is 2. The molecule has 0 radical (unpaired) electrons. The zero-order chi connectivity index (χ0) is 10.4. The third-order valence-corrected chi connectivity index (χ3v) is 3.94. The van der Waals surface area contributed by atoms with Gasteiger partial charge in [0.15, 0.2) is 0 Å². The third-order valence-electron chi connectivity index (χ3n) is 3.94. The van der Waals surface area contributed by atoms with Gasteiger partial charge < -0.3 is 4.90 Å². The highest BCUT2D eigenvalue weighted by Gasteiger charge is 2.41. The topological polar surface area (TPSA) is 6.48 Å². The van der Waals surface area contributed by atoms with Crippen LogP contribution in [-0.4, -0.2) is 37.1 Å². The van der Waals surface area contributed by atoms with Gasteiger partial charge in [-0.25, -0.2) is 0 Å². The fourth-order valence-corrected chi connectivity index (χ4v) is 3.05. The molecule has 2 heterocycles. The molecule has 0 aromatic heterocycles. The fourth-order valence-electron chi connectivity index (χ4n) is 3.05. The monoisotopic (exact) mass is 202 g/mol. The van der Waals surface area contributed by atoms with Crippen molar-refractivity contribution in [2.24, 2.45) is 0 Å². The number of likely N-dealkylation sites (tertiary alicyclic amines) is 1. The van der Waals surface area contributed by atoms with E-state index in [0.29, 0.717) is 0 Å². The van der Waals surface area contributed by atoms with Crippen molar-refractivity contribution in [1.82, 2.24) is 4.90 Å². The molecular weight excluding hydrogens is 184 g/mol. The molecule has 15 heavy (non-hydrogen) atoms. The second-order valence-electron chi connectivity index (χ2n) is 4.92. The molecule has 3 rings (SSSR count). The third kappa shape index (κ3) is 1.36. The summed E-state index contributed by atoms with van der Waals surface area (Å²) in [6.45, 7) is 4.66. The molecule has 2 aliphatic heterocycles. The van der Waals surface area contributed by atoms with Gasteiger partial charge in [-0.1, -0.05) is 18.2 Å². The van der Waals surface area contributed by atoms with Crippen molar-refractivity contribution in [2.75, 3.05) is 25.0 Å². The molecule has 0 amide bonds. The second-order valence-corrected chi connectivity index (χ2v) is 4.92. The molecular formula is C13H18N2. The number of para-hydroxylation sites is 1. The normalized spacial score (nSPS) is 30.1. The van der Waals surface area contributed by atoms with Gasteiger partial charge in [-0.2, -0.15) is 0 Å². The largest absolute Gasteiger partial charge is 0.365 e. The van der Waals surface area contributed by atoms with Crippen molar-refractivity contribution < 1.29 is 0 Å². The fraction of sp³-hybridized carbons (Fsp3) is 0.538. The van der Waals surface area contributed by atoms with E-state index in [4.69, 9.17) is 0 Å². The van der Waals surface area contributed by atoms with Gasteiger partial charge in [-0.05, 0) is 32.0 Å². The maximum Gasteiger partial charge on any atom is 0.0433 e. The van der Waals surface area contributed by atoms with Gasteiger partial charge in [0.25, 0.3) is 0 Å². The highest BCUT2D eigenvalue weighted by molar-refractivity contribution is 5.55. The first-order chi connectivity index (χ1) is 7.25. The SMILES string of the molecule is Cc1ccccc1N1CC2CC1CN2C. The van der Waals surface area contributed by atoms with Crippen molar-refractivity contribution in [1.29, 1.82) is 0 Å². The van der Waals surface area contributed by atoms with Crippen LogP contribution < -0.4 is 4.90 Å². The van der Waals surface area contributed by atoms with Crippen LogP contribution in [-0.2, 0) is 0 Å². The van der Waals surface area contributed by atoms with Crippen LogP contribution in [0.4, 0.5) is 5.69 Å². The number of aryl methyl sites for hydroxylation is 1. The molecule has 0 aliphatic carbocycles. The van der Waals surface area contributed by atoms with Gasteiger partial charge in [0, 0.05) is 30.9 Å². The Morgan fingerprint density at radius 3 is 2.53 bits per heavy atom. The summed E-state index contributed by atoms with van der Waals surface area (Å²) in [6, 6.07) is 10.3. The van der Waals surface area contributed by atoms with E-state index < -0.39 is 0 Å². The van der Waals surface area contributed by atoms with Crippen LogP contribution in [0.3, 0.4) is 0 Å². The van der Waals surface area contributed by atoms with Crippen molar-refractivity contribution in [3.63, 3.8) is 0 Å². The Labute approximate surface area is 91.5 Å². The smallest absolute Gasteiger partial charge is 0.0433 e. The van der Waals surface area contributed by atoms with E-state index in [9.17, 15) is 0 Å². The van der Waals surface area contributed by atoms with Gasteiger partial charge in [0.05, 0.1) is 0 Å². The Kier molecular flexibility index (Phi) is 1.99. The molecule has 80 valence electrons. The lowest BCUT2D eigenvalue weighted by atomic mass is 10.1. The number of piperazine rings is 1. The molecule has 2 atom stereocenters. The van der Waals surface area contributed by atoms with E-state index in [-0.39, 0.29) is 0 Å². The summed E-state index contributed by atoms with van der Waals surface area (Å²) in [5.41, 5.74) is 2.85.